The Morgan fingerprint density at radius 1 is 0.944 bits per heavy atom. The first kappa shape index (κ1) is 25.8. The number of halogens is 4. The molecule has 0 fully saturated rings. The maximum absolute atomic E-state index is 14.4. The summed E-state index contributed by atoms with van der Waals surface area (Å²) in [5.41, 5.74) is 2.57. The molecule has 2 aliphatic rings. The molecule has 1 aliphatic heterocycles. The molecule has 4 nitrogen and oxygen atoms in total. The van der Waals surface area contributed by atoms with E-state index in [1.807, 2.05) is 12.1 Å². The first-order chi connectivity index (χ1) is 16.7. The van der Waals surface area contributed by atoms with E-state index < -0.39 is 17.9 Å². The van der Waals surface area contributed by atoms with Gasteiger partial charge in [0.2, 0.25) is 0 Å². The van der Waals surface area contributed by atoms with Gasteiger partial charge in [-0.1, -0.05) is 43.7 Å². The SMILES string of the molecule is CC1(C)c2c([c-]ccc2F)-c2nccc3cccc1c23.FC(F)(F)C1=CC(c2ccccn2)N=N1.[Ir]. The molecule has 0 bridgehead atoms. The van der Waals surface area contributed by atoms with Crippen molar-refractivity contribution >= 4 is 10.8 Å². The second kappa shape index (κ2) is 9.64. The third-order valence-electron chi connectivity index (χ3n) is 6.16. The summed E-state index contributed by atoms with van der Waals surface area (Å²) < 4.78 is 51.0. The minimum atomic E-state index is -4.44. The Morgan fingerprint density at radius 2 is 1.75 bits per heavy atom. The predicted octanol–water partition coefficient (Wildman–Crippen LogP) is 7.51. The molecule has 6 rings (SSSR count). The van der Waals surface area contributed by atoms with E-state index in [1.165, 1.54) is 12.3 Å². The van der Waals surface area contributed by atoms with Gasteiger partial charge in [-0.2, -0.15) is 23.4 Å². The van der Waals surface area contributed by atoms with Crippen molar-refractivity contribution in [3.05, 3.63) is 107 Å². The van der Waals surface area contributed by atoms with Crippen molar-refractivity contribution in [2.24, 2.45) is 10.2 Å². The van der Waals surface area contributed by atoms with Crippen molar-refractivity contribution in [1.82, 2.24) is 9.97 Å². The summed E-state index contributed by atoms with van der Waals surface area (Å²) in [5.74, 6) is -0.183. The largest absolute Gasteiger partial charge is 0.434 e. The average Bonchev–Trinajstić information content (AvgIpc) is 3.35. The summed E-state index contributed by atoms with van der Waals surface area (Å²) in [7, 11) is 0. The molecule has 9 heteroatoms. The number of aromatic nitrogens is 2. The van der Waals surface area contributed by atoms with Gasteiger partial charge in [-0.25, -0.2) is 4.39 Å². The van der Waals surface area contributed by atoms with E-state index >= 15 is 0 Å². The summed E-state index contributed by atoms with van der Waals surface area (Å²) in [4.78, 5) is 8.40. The Kier molecular flexibility index (Phi) is 6.90. The Labute approximate surface area is 218 Å². The van der Waals surface area contributed by atoms with Gasteiger partial charge in [-0.15, -0.1) is 23.8 Å². The molecule has 36 heavy (non-hydrogen) atoms. The predicted molar refractivity (Wildman–Crippen MR) is 124 cm³/mol. The molecule has 185 valence electrons. The third kappa shape index (κ3) is 4.49. The van der Waals surface area contributed by atoms with E-state index in [1.54, 1.807) is 30.5 Å². The molecule has 2 aromatic heterocycles. The number of hydrogen-bond acceptors (Lipinski definition) is 4. The minimum absolute atomic E-state index is 0. The van der Waals surface area contributed by atoms with Crippen molar-refractivity contribution in [2.75, 3.05) is 0 Å². The van der Waals surface area contributed by atoms with E-state index in [0.717, 1.165) is 33.7 Å². The van der Waals surface area contributed by atoms with Crippen LogP contribution in [0.3, 0.4) is 0 Å². The van der Waals surface area contributed by atoms with Crippen molar-refractivity contribution < 1.29 is 37.7 Å². The van der Waals surface area contributed by atoms with Crippen LogP contribution in [-0.4, -0.2) is 16.1 Å². The number of alkyl halides is 3. The molecule has 0 N–H and O–H groups in total. The van der Waals surface area contributed by atoms with Gasteiger partial charge >= 0.3 is 6.18 Å². The van der Waals surface area contributed by atoms with E-state index in [0.29, 0.717) is 11.3 Å². The molecule has 1 aliphatic carbocycles. The van der Waals surface area contributed by atoms with Crippen LogP contribution >= 0.6 is 0 Å². The second-order valence-corrected chi connectivity index (χ2v) is 8.73. The number of nitrogens with zero attached hydrogens (tertiary/aromatic N) is 4. The zero-order valence-corrected chi connectivity index (χ0v) is 21.5. The summed E-state index contributed by atoms with van der Waals surface area (Å²) in [6.07, 6.45) is -0.193. The van der Waals surface area contributed by atoms with E-state index in [-0.39, 0.29) is 31.3 Å². The van der Waals surface area contributed by atoms with E-state index in [4.69, 9.17) is 0 Å². The fourth-order valence-electron chi connectivity index (χ4n) is 4.53. The molecular weight excluding hydrogens is 649 g/mol. The van der Waals surface area contributed by atoms with Crippen LogP contribution in [0.25, 0.3) is 22.0 Å². The normalized spacial score (nSPS) is 16.9. The van der Waals surface area contributed by atoms with Gasteiger partial charge in [0.1, 0.15) is 6.04 Å². The Balaban J connectivity index is 0.000000172. The van der Waals surface area contributed by atoms with Crippen LogP contribution in [0, 0.1) is 11.9 Å². The molecule has 0 amide bonds. The van der Waals surface area contributed by atoms with E-state index in [2.05, 4.69) is 52.2 Å². The van der Waals surface area contributed by atoms with Gasteiger partial charge in [0.15, 0.2) is 5.70 Å². The number of hydrogen-bond donors (Lipinski definition) is 0. The number of fused-ring (bicyclic) bond motifs is 2. The first-order valence-electron chi connectivity index (χ1n) is 10.9. The summed E-state index contributed by atoms with van der Waals surface area (Å²) >= 11 is 0. The second-order valence-electron chi connectivity index (χ2n) is 8.73. The molecular formula is C27H19F4IrN4-. The molecule has 1 unspecified atom stereocenters. The van der Waals surface area contributed by atoms with Gasteiger partial charge in [0.05, 0.1) is 5.69 Å². The minimum Gasteiger partial charge on any atom is -0.304 e. The van der Waals surface area contributed by atoms with Crippen LogP contribution in [-0.2, 0) is 25.5 Å². The van der Waals surface area contributed by atoms with Gasteiger partial charge in [0, 0.05) is 38.3 Å². The third-order valence-corrected chi connectivity index (χ3v) is 6.16. The molecule has 0 spiro atoms. The Hall–Kier alpha value is -3.29. The van der Waals surface area contributed by atoms with Crippen LogP contribution in [0.5, 0.6) is 0 Å². The molecule has 3 heterocycles. The first-order valence-corrected chi connectivity index (χ1v) is 10.9. The molecule has 1 atom stereocenters. The maximum atomic E-state index is 14.4. The van der Waals surface area contributed by atoms with Crippen LogP contribution in [0.15, 0.2) is 89.0 Å². The number of benzene rings is 2. The number of rotatable bonds is 1. The van der Waals surface area contributed by atoms with Crippen LogP contribution in [0.2, 0.25) is 0 Å². The fourth-order valence-corrected chi connectivity index (χ4v) is 4.53. The quantitative estimate of drug-likeness (QED) is 0.156. The molecule has 0 saturated heterocycles. The zero-order chi connectivity index (χ0) is 24.8. The van der Waals surface area contributed by atoms with Gasteiger partial charge < -0.3 is 4.98 Å². The Bertz CT molecular complexity index is 1480. The maximum Gasteiger partial charge on any atom is 0.434 e. The molecule has 2 aromatic carbocycles. The van der Waals surface area contributed by atoms with Crippen LogP contribution in [0.4, 0.5) is 17.6 Å². The smallest absolute Gasteiger partial charge is 0.304 e. The van der Waals surface area contributed by atoms with Gasteiger partial charge in [-0.05, 0) is 51.7 Å². The van der Waals surface area contributed by atoms with Crippen molar-refractivity contribution in [1.29, 1.82) is 0 Å². The Morgan fingerprint density at radius 3 is 2.44 bits per heavy atom. The number of azo groups is 1. The van der Waals surface area contributed by atoms with Crippen molar-refractivity contribution in [3.63, 3.8) is 0 Å². The molecule has 0 saturated carbocycles. The number of allylic oxidation sites excluding steroid dienone is 1. The number of pyridine rings is 2. The van der Waals surface area contributed by atoms with Crippen molar-refractivity contribution in [3.8, 4) is 11.3 Å². The monoisotopic (exact) mass is 668 g/mol. The molecule has 4 aromatic rings. The summed E-state index contributed by atoms with van der Waals surface area (Å²) in [6, 6.07) is 18.7. The standard InChI is InChI=1S/C18H13FN.C9H6F3N3.Ir/c1-18(2)13-7-3-5-11-9-10-20-17(15(11)13)12-6-4-8-14(19)16(12)18;10-9(11,12)8-5-7(14-15-8)6-3-1-2-4-13-6;/h3-5,7-10H,1-2H3;1-5,7H;/q-1;;. The van der Waals surface area contributed by atoms with E-state index in [9.17, 15) is 17.6 Å². The van der Waals surface area contributed by atoms with Gasteiger partial charge in [0.25, 0.3) is 0 Å². The average molecular weight is 668 g/mol. The van der Waals surface area contributed by atoms with Gasteiger partial charge in [-0.3, -0.25) is 4.98 Å². The van der Waals surface area contributed by atoms with Crippen LogP contribution in [0.1, 0.15) is 36.7 Å². The summed E-state index contributed by atoms with van der Waals surface area (Å²) in [6.45, 7) is 4.13. The fraction of sp³-hybridized carbons (Fsp3) is 0.185. The molecule has 1 radical (unpaired) electrons. The summed E-state index contributed by atoms with van der Waals surface area (Å²) in [5, 5.41) is 8.85. The van der Waals surface area contributed by atoms with Crippen molar-refractivity contribution in [2.45, 2.75) is 31.5 Å². The zero-order valence-electron chi connectivity index (χ0n) is 19.1. The van der Waals surface area contributed by atoms with Crippen LogP contribution < -0.4 is 0 Å². The topological polar surface area (TPSA) is 50.5 Å².